The summed E-state index contributed by atoms with van der Waals surface area (Å²) >= 11 is 5.74. The number of halogens is 1. The first-order valence-corrected chi connectivity index (χ1v) is 7.98. The molecule has 1 aliphatic rings. The maximum Gasteiger partial charge on any atom is 0.316 e. The maximum absolute atomic E-state index is 11.7. The van der Waals surface area contributed by atoms with Crippen molar-refractivity contribution in [2.75, 3.05) is 0 Å². The Kier molecular flexibility index (Phi) is 6.23. The van der Waals surface area contributed by atoms with Gasteiger partial charge in [-0.15, -0.1) is 0 Å². The number of unbranched alkanes of at least 4 members (excludes halogenated alkanes) is 1. The zero-order valence-corrected chi connectivity index (χ0v) is 13.1. The third-order valence-electron chi connectivity index (χ3n) is 3.67. The summed E-state index contributed by atoms with van der Waals surface area (Å²) in [4.78, 5) is 19.8. The van der Waals surface area contributed by atoms with Crippen LogP contribution >= 0.6 is 11.6 Å². The minimum atomic E-state index is 0.120. The van der Waals surface area contributed by atoms with Crippen LogP contribution in [0.5, 0.6) is 6.01 Å². The van der Waals surface area contributed by atoms with E-state index in [0.29, 0.717) is 17.5 Å². The standard InChI is InChI=1S/C15H22ClN3O2/c1-2-3-4-14(20)19-12-5-7-13(8-6-12)21-15-17-9-11(16)10-18-15/h9-10,12-13H,2-8H2,1H3,(H,19,20). The van der Waals surface area contributed by atoms with Gasteiger partial charge >= 0.3 is 6.01 Å². The van der Waals surface area contributed by atoms with Crippen molar-refractivity contribution in [1.82, 2.24) is 15.3 Å². The maximum atomic E-state index is 11.7. The number of aromatic nitrogens is 2. The average molecular weight is 312 g/mol. The molecule has 1 aliphatic carbocycles. The van der Waals surface area contributed by atoms with Crippen molar-refractivity contribution in [3.8, 4) is 6.01 Å². The lowest BCUT2D eigenvalue weighted by molar-refractivity contribution is -0.122. The van der Waals surface area contributed by atoms with Crippen LogP contribution in [0.25, 0.3) is 0 Å². The minimum Gasteiger partial charge on any atom is -0.460 e. The third kappa shape index (κ3) is 5.50. The van der Waals surface area contributed by atoms with Crippen LogP contribution in [-0.2, 0) is 4.79 Å². The Balaban J connectivity index is 1.70. The SMILES string of the molecule is CCCCC(=O)NC1CCC(Oc2ncc(Cl)cn2)CC1. The first-order valence-electron chi connectivity index (χ1n) is 7.61. The van der Waals surface area contributed by atoms with Crippen LogP contribution in [-0.4, -0.2) is 28.0 Å². The molecule has 116 valence electrons. The topological polar surface area (TPSA) is 64.1 Å². The van der Waals surface area contributed by atoms with Crippen molar-refractivity contribution in [2.45, 2.75) is 64.0 Å². The Bertz CT molecular complexity index is 445. The molecule has 0 saturated heterocycles. The number of carbonyl (C=O) groups excluding carboxylic acids is 1. The van der Waals surface area contributed by atoms with Crippen LogP contribution in [0.3, 0.4) is 0 Å². The summed E-state index contributed by atoms with van der Waals surface area (Å²) in [5.41, 5.74) is 0. The van der Waals surface area contributed by atoms with Crippen molar-refractivity contribution in [3.63, 3.8) is 0 Å². The molecule has 1 saturated carbocycles. The lowest BCUT2D eigenvalue weighted by atomic mass is 9.93. The number of hydrogen-bond acceptors (Lipinski definition) is 4. The highest BCUT2D eigenvalue weighted by Crippen LogP contribution is 2.22. The van der Waals surface area contributed by atoms with Gasteiger partial charge in [-0.3, -0.25) is 4.79 Å². The predicted octanol–water partition coefficient (Wildman–Crippen LogP) is 3.13. The van der Waals surface area contributed by atoms with Gasteiger partial charge in [0.15, 0.2) is 0 Å². The molecule has 0 spiro atoms. The quantitative estimate of drug-likeness (QED) is 0.876. The Morgan fingerprint density at radius 2 is 2.00 bits per heavy atom. The normalized spacial score (nSPS) is 21.8. The van der Waals surface area contributed by atoms with Crippen LogP contribution < -0.4 is 10.1 Å². The summed E-state index contributed by atoms with van der Waals surface area (Å²) in [5.74, 6) is 0.169. The Morgan fingerprint density at radius 1 is 1.33 bits per heavy atom. The highest BCUT2D eigenvalue weighted by molar-refractivity contribution is 6.30. The fourth-order valence-electron chi connectivity index (χ4n) is 2.47. The number of hydrogen-bond donors (Lipinski definition) is 1. The first kappa shape index (κ1) is 16.0. The van der Waals surface area contributed by atoms with Gasteiger partial charge < -0.3 is 10.1 Å². The van der Waals surface area contributed by atoms with E-state index in [0.717, 1.165) is 38.5 Å². The molecule has 0 unspecified atom stereocenters. The monoisotopic (exact) mass is 311 g/mol. The number of nitrogens with zero attached hydrogens (tertiary/aromatic N) is 2. The lowest BCUT2D eigenvalue weighted by Gasteiger charge is -2.28. The van der Waals surface area contributed by atoms with Gasteiger partial charge in [0.25, 0.3) is 0 Å². The van der Waals surface area contributed by atoms with Crippen molar-refractivity contribution in [3.05, 3.63) is 17.4 Å². The van der Waals surface area contributed by atoms with E-state index in [1.807, 2.05) is 0 Å². The zero-order chi connectivity index (χ0) is 15.1. The molecule has 1 aromatic rings. The second-order valence-electron chi connectivity index (χ2n) is 5.45. The number of amides is 1. The van der Waals surface area contributed by atoms with E-state index in [9.17, 15) is 4.79 Å². The summed E-state index contributed by atoms with van der Waals surface area (Å²) in [6.45, 7) is 2.09. The smallest absolute Gasteiger partial charge is 0.316 e. The highest BCUT2D eigenvalue weighted by atomic mass is 35.5. The van der Waals surface area contributed by atoms with Crippen molar-refractivity contribution in [2.24, 2.45) is 0 Å². The molecule has 5 nitrogen and oxygen atoms in total. The molecule has 0 bridgehead atoms. The lowest BCUT2D eigenvalue weighted by Crippen LogP contribution is -2.39. The summed E-state index contributed by atoms with van der Waals surface area (Å²) in [6.07, 6.45) is 9.52. The average Bonchev–Trinajstić information content (AvgIpc) is 2.49. The predicted molar refractivity (Wildman–Crippen MR) is 81.4 cm³/mol. The molecule has 21 heavy (non-hydrogen) atoms. The van der Waals surface area contributed by atoms with E-state index in [1.54, 1.807) is 0 Å². The molecule has 1 amide bonds. The summed E-state index contributed by atoms with van der Waals surface area (Å²) in [7, 11) is 0. The van der Waals surface area contributed by atoms with Gasteiger partial charge in [0, 0.05) is 12.5 Å². The van der Waals surface area contributed by atoms with E-state index in [-0.39, 0.29) is 18.1 Å². The molecular weight excluding hydrogens is 290 g/mol. The van der Waals surface area contributed by atoms with Gasteiger partial charge in [0.05, 0.1) is 17.4 Å². The molecule has 1 aromatic heterocycles. The Hall–Kier alpha value is -1.36. The second-order valence-corrected chi connectivity index (χ2v) is 5.88. The Labute approximate surface area is 130 Å². The van der Waals surface area contributed by atoms with Crippen LogP contribution in [0.4, 0.5) is 0 Å². The van der Waals surface area contributed by atoms with Crippen LogP contribution in [0.15, 0.2) is 12.4 Å². The zero-order valence-electron chi connectivity index (χ0n) is 12.3. The van der Waals surface area contributed by atoms with E-state index in [4.69, 9.17) is 16.3 Å². The molecule has 2 rings (SSSR count). The molecule has 1 N–H and O–H groups in total. The van der Waals surface area contributed by atoms with Crippen molar-refractivity contribution in [1.29, 1.82) is 0 Å². The number of carbonyl (C=O) groups is 1. The summed E-state index contributed by atoms with van der Waals surface area (Å²) in [6, 6.07) is 0.648. The fourth-order valence-corrected chi connectivity index (χ4v) is 2.57. The largest absolute Gasteiger partial charge is 0.460 e. The van der Waals surface area contributed by atoms with E-state index < -0.39 is 0 Å². The fraction of sp³-hybridized carbons (Fsp3) is 0.667. The molecular formula is C15H22ClN3O2. The second kappa shape index (κ2) is 8.17. The van der Waals surface area contributed by atoms with Crippen molar-refractivity contribution < 1.29 is 9.53 Å². The number of rotatable bonds is 6. The summed E-state index contributed by atoms with van der Waals surface area (Å²) in [5, 5.41) is 3.60. The molecule has 0 aromatic carbocycles. The van der Waals surface area contributed by atoms with Crippen LogP contribution in [0.1, 0.15) is 51.9 Å². The van der Waals surface area contributed by atoms with E-state index >= 15 is 0 Å². The third-order valence-corrected chi connectivity index (χ3v) is 3.86. The van der Waals surface area contributed by atoms with Gasteiger partial charge in [0.2, 0.25) is 5.91 Å². The Morgan fingerprint density at radius 3 is 2.62 bits per heavy atom. The molecule has 0 aliphatic heterocycles. The molecule has 0 radical (unpaired) electrons. The highest BCUT2D eigenvalue weighted by Gasteiger charge is 2.24. The molecule has 1 fully saturated rings. The number of ether oxygens (including phenoxy) is 1. The van der Waals surface area contributed by atoms with E-state index in [2.05, 4.69) is 22.2 Å². The van der Waals surface area contributed by atoms with Gasteiger partial charge in [-0.25, -0.2) is 9.97 Å². The van der Waals surface area contributed by atoms with Gasteiger partial charge in [-0.1, -0.05) is 24.9 Å². The van der Waals surface area contributed by atoms with Crippen LogP contribution in [0.2, 0.25) is 5.02 Å². The van der Waals surface area contributed by atoms with Gasteiger partial charge in [0.1, 0.15) is 6.10 Å². The van der Waals surface area contributed by atoms with E-state index in [1.165, 1.54) is 12.4 Å². The minimum absolute atomic E-state index is 0.120. The van der Waals surface area contributed by atoms with Gasteiger partial charge in [-0.05, 0) is 32.1 Å². The van der Waals surface area contributed by atoms with Crippen LogP contribution in [0, 0.1) is 0 Å². The summed E-state index contributed by atoms with van der Waals surface area (Å²) < 4.78 is 5.73. The molecule has 1 heterocycles. The molecule has 0 atom stereocenters. The number of nitrogens with one attached hydrogen (secondary N) is 1. The van der Waals surface area contributed by atoms with Gasteiger partial charge in [-0.2, -0.15) is 0 Å². The van der Waals surface area contributed by atoms with Crippen molar-refractivity contribution >= 4 is 17.5 Å². The molecule has 6 heteroatoms. The first-order chi connectivity index (χ1) is 10.2.